The van der Waals surface area contributed by atoms with Crippen molar-refractivity contribution < 1.29 is 4.79 Å². The lowest BCUT2D eigenvalue weighted by atomic mass is 10.3. The first-order valence-corrected chi connectivity index (χ1v) is 6.16. The van der Waals surface area contributed by atoms with E-state index in [9.17, 15) is 4.79 Å². The Morgan fingerprint density at radius 1 is 1.46 bits per heavy atom. The van der Waals surface area contributed by atoms with Crippen molar-refractivity contribution in [3.05, 3.63) is 0 Å². The Hall–Kier alpha value is -0.180. The van der Waals surface area contributed by atoms with Crippen LogP contribution in [0.25, 0.3) is 0 Å². The minimum absolute atomic E-state index is 0.180. The summed E-state index contributed by atoms with van der Waals surface area (Å²) in [5.41, 5.74) is 0. The first-order chi connectivity index (χ1) is 6.16. The summed E-state index contributed by atoms with van der Waals surface area (Å²) in [6.45, 7) is 7.29. The zero-order valence-corrected chi connectivity index (χ0v) is 9.75. The molecule has 13 heavy (non-hydrogen) atoms. The molecule has 0 unspecified atom stereocenters. The normalized spacial score (nSPS) is 10.5. The van der Waals surface area contributed by atoms with Crippen LogP contribution in [-0.2, 0) is 4.79 Å². The van der Waals surface area contributed by atoms with Gasteiger partial charge in [-0.3, -0.25) is 4.79 Å². The fraction of sp³-hybridized carbons (Fsp3) is 0.900. The number of thioether (sulfide) groups is 1. The molecule has 0 radical (unpaired) electrons. The highest BCUT2D eigenvalue weighted by Crippen LogP contribution is 2.06. The molecule has 0 aromatic rings. The van der Waals surface area contributed by atoms with E-state index >= 15 is 0 Å². The van der Waals surface area contributed by atoms with Crippen LogP contribution in [0.4, 0.5) is 0 Å². The lowest BCUT2D eigenvalue weighted by Crippen LogP contribution is -2.26. The molecule has 1 N–H and O–H groups in total. The van der Waals surface area contributed by atoms with E-state index in [-0.39, 0.29) is 5.91 Å². The van der Waals surface area contributed by atoms with E-state index in [1.807, 2.05) is 0 Å². The highest BCUT2D eigenvalue weighted by atomic mass is 32.2. The van der Waals surface area contributed by atoms with Crippen LogP contribution in [0.2, 0.25) is 0 Å². The van der Waals surface area contributed by atoms with Gasteiger partial charge in [0.2, 0.25) is 5.91 Å². The molecule has 0 aliphatic rings. The third-order valence-corrected chi connectivity index (χ3v) is 2.91. The van der Waals surface area contributed by atoms with Gasteiger partial charge in [0, 0.05) is 6.54 Å². The lowest BCUT2D eigenvalue weighted by Gasteiger charge is -2.05. The zero-order valence-electron chi connectivity index (χ0n) is 8.93. The summed E-state index contributed by atoms with van der Waals surface area (Å²) in [4.78, 5) is 11.2. The van der Waals surface area contributed by atoms with Gasteiger partial charge in [0.25, 0.3) is 0 Å². The van der Waals surface area contributed by atoms with Crippen LogP contribution in [0.3, 0.4) is 0 Å². The Morgan fingerprint density at radius 3 is 2.69 bits per heavy atom. The molecule has 78 valence electrons. The van der Waals surface area contributed by atoms with Crippen molar-refractivity contribution in [3.63, 3.8) is 0 Å². The highest BCUT2D eigenvalue weighted by molar-refractivity contribution is 7.99. The van der Waals surface area contributed by atoms with Gasteiger partial charge in [-0.25, -0.2) is 0 Å². The molecular weight excluding hydrogens is 182 g/mol. The Bertz CT molecular complexity index is 137. The second-order valence-electron chi connectivity index (χ2n) is 3.61. The fourth-order valence-electron chi connectivity index (χ4n) is 0.843. The van der Waals surface area contributed by atoms with Crippen molar-refractivity contribution in [2.45, 2.75) is 33.6 Å². The van der Waals surface area contributed by atoms with E-state index in [4.69, 9.17) is 0 Å². The quantitative estimate of drug-likeness (QED) is 0.643. The molecular formula is C10H21NOS. The zero-order chi connectivity index (χ0) is 10.1. The number of carbonyl (C=O) groups excluding carboxylic acids is 1. The smallest absolute Gasteiger partial charge is 0.229 e. The molecule has 3 heteroatoms. The Labute approximate surface area is 85.9 Å². The molecule has 0 aliphatic carbocycles. The van der Waals surface area contributed by atoms with Crippen LogP contribution in [0, 0.1) is 5.92 Å². The standard InChI is InChI=1S/C10H21NOS/c1-4-5-6-11-10(12)8-13-7-9(2)3/h9H,4-8H2,1-3H3,(H,11,12). The van der Waals surface area contributed by atoms with Gasteiger partial charge in [-0.2, -0.15) is 11.8 Å². The minimum Gasteiger partial charge on any atom is -0.355 e. The van der Waals surface area contributed by atoms with Gasteiger partial charge in [0.15, 0.2) is 0 Å². The molecule has 0 aromatic heterocycles. The van der Waals surface area contributed by atoms with Gasteiger partial charge in [0.05, 0.1) is 5.75 Å². The molecule has 0 fully saturated rings. The summed E-state index contributed by atoms with van der Waals surface area (Å²) in [5.74, 6) is 2.54. The molecule has 0 rings (SSSR count). The van der Waals surface area contributed by atoms with E-state index in [0.29, 0.717) is 11.7 Å². The van der Waals surface area contributed by atoms with Crippen LogP contribution in [0.1, 0.15) is 33.6 Å². The van der Waals surface area contributed by atoms with Crippen molar-refractivity contribution in [2.24, 2.45) is 5.92 Å². The molecule has 2 nitrogen and oxygen atoms in total. The van der Waals surface area contributed by atoms with Crippen molar-refractivity contribution in [1.82, 2.24) is 5.32 Å². The Morgan fingerprint density at radius 2 is 2.15 bits per heavy atom. The maximum Gasteiger partial charge on any atom is 0.229 e. The van der Waals surface area contributed by atoms with Crippen molar-refractivity contribution in [2.75, 3.05) is 18.1 Å². The van der Waals surface area contributed by atoms with Gasteiger partial charge >= 0.3 is 0 Å². The van der Waals surface area contributed by atoms with Crippen molar-refractivity contribution in [3.8, 4) is 0 Å². The molecule has 0 saturated carbocycles. The maximum absolute atomic E-state index is 11.2. The molecule has 0 aromatic carbocycles. The SMILES string of the molecule is CCCCNC(=O)CSCC(C)C. The number of hydrogen-bond donors (Lipinski definition) is 1. The largest absolute Gasteiger partial charge is 0.355 e. The summed E-state index contributed by atoms with van der Waals surface area (Å²) in [6.07, 6.45) is 2.22. The minimum atomic E-state index is 0.180. The van der Waals surface area contributed by atoms with Crippen LogP contribution < -0.4 is 5.32 Å². The number of carbonyl (C=O) groups is 1. The molecule has 0 saturated heterocycles. The third kappa shape index (κ3) is 9.74. The second-order valence-corrected chi connectivity index (χ2v) is 4.64. The Balaban J connectivity index is 3.20. The third-order valence-electron chi connectivity index (χ3n) is 1.54. The van der Waals surface area contributed by atoms with Gasteiger partial charge in [-0.1, -0.05) is 27.2 Å². The predicted octanol–water partition coefficient (Wildman–Crippen LogP) is 2.29. The molecule has 0 spiro atoms. The number of rotatable bonds is 7. The van der Waals surface area contributed by atoms with E-state index in [2.05, 4.69) is 26.1 Å². The van der Waals surface area contributed by atoms with E-state index < -0.39 is 0 Å². The van der Waals surface area contributed by atoms with Gasteiger partial charge in [0.1, 0.15) is 0 Å². The molecule has 0 atom stereocenters. The predicted molar refractivity (Wildman–Crippen MR) is 60.1 cm³/mol. The van der Waals surface area contributed by atoms with Crippen molar-refractivity contribution in [1.29, 1.82) is 0 Å². The average molecular weight is 203 g/mol. The number of hydrogen-bond acceptors (Lipinski definition) is 2. The van der Waals surface area contributed by atoms with Crippen LogP contribution >= 0.6 is 11.8 Å². The first-order valence-electron chi connectivity index (χ1n) is 5.01. The lowest BCUT2D eigenvalue weighted by molar-refractivity contribution is -0.118. The second kappa shape index (κ2) is 8.42. The number of amides is 1. The maximum atomic E-state index is 11.2. The highest BCUT2D eigenvalue weighted by Gasteiger charge is 2.01. The summed E-state index contributed by atoms with van der Waals surface area (Å²) in [7, 11) is 0. The topological polar surface area (TPSA) is 29.1 Å². The summed E-state index contributed by atoms with van der Waals surface area (Å²) in [6, 6.07) is 0. The van der Waals surface area contributed by atoms with Crippen molar-refractivity contribution >= 4 is 17.7 Å². The number of nitrogens with one attached hydrogen (secondary N) is 1. The average Bonchev–Trinajstić information content (AvgIpc) is 2.04. The van der Waals surface area contributed by atoms with E-state index in [1.165, 1.54) is 0 Å². The van der Waals surface area contributed by atoms with Gasteiger partial charge < -0.3 is 5.32 Å². The van der Waals surface area contributed by atoms with E-state index in [0.717, 1.165) is 25.1 Å². The molecule has 0 heterocycles. The summed E-state index contributed by atoms with van der Waals surface area (Å²) in [5, 5.41) is 2.90. The van der Waals surface area contributed by atoms with Gasteiger partial charge in [-0.05, 0) is 18.1 Å². The summed E-state index contributed by atoms with van der Waals surface area (Å²) >= 11 is 1.72. The monoisotopic (exact) mass is 203 g/mol. The van der Waals surface area contributed by atoms with E-state index in [1.54, 1.807) is 11.8 Å². The molecule has 0 aliphatic heterocycles. The fourth-order valence-corrected chi connectivity index (χ4v) is 1.72. The Kier molecular flexibility index (Phi) is 8.30. The van der Waals surface area contributed by atoms with Crippen LogP contribution in [0.15, 0.2) is 0 Å². The molecule has 0 bridgehead atoms. The first kappa shape index (κ1) is 12.8. The number of unbranched alkanes of at least 4 members (excludes halogenated alkanes) is 1. The van der Waals surface area contributed by atoms with Gasteiger partial charge in [-0.15, -0.1) is 0 Å². The summed E-state index contributed by atoms with van der Waals surface area (Å²) < 4.78 is 0. The van der Waals surface area contributed by atoms with Crippen LogP contribution in [0.5, 0.6) is 0 Å². The molecule has 1 amide bonds. The van der Waals surface area contributed by atoms with Crippen LogP contribution in [-0.4, -0.2) is 24.0 Å².